The van der Waals surface area contributed by atoms with Crippen LogP contribution in [0.25, 0.3) is 0 Å². The van der Waals surface area contributed by atoms with E-state index in [9.17, 15) is 4.79 Å². The van der Waals surface area contributed by atoms with E-state index in [1.165, 1.54) is 11.3 Å². The molecule has 3 heterocycles. The Morgan fingerprint density at radius 2 is 2.04 bits per heavy atom. The van der Waals surface area contributed by atoms with E-state index in [0.29, 0.717) is 13.1 Å². The van der Waals surface area contributed by atoms with Crippen molar-refractivity contribution in [2.24, 2.45) is 16.5 Å². The van der Waals surface area contributed by atoms with Crippen molar-refractivity contribution in [1.29, 1.82) is 0 Å². The molecule has 1 aromatic rings. The first-order valence-electron chi connectivity index (χ1n) is 9.25. The number of fused-ring (bicyclic) bond motifs is 1. The molecule has 1 unspecified atom stereocenters. The lowest BCUT2D eigenvalue weighted by Crippen LogP contribution is -2.56. The number of benzene rings is 1. The van der Waals surface area contributed by atoms with Crippen LogP contribution in [0.2, 0.25) is 0 Å². The number of nitrogens with two attached hydrogens (primary N) is 2. The highest BCUT2D eigenvalue weighted by atomic mass is 16.2. The second-order valence-corrected chi connectivity index (χ2v) is 6.96. The van der Waals surface area contributed by atoms with Gasteiger partial charge in [0.25, 0.3) is 0 Å². The van der Waals surface area contributed by atoms with Crippen molar-refractivity contribution in [3.8, 4) is 0 Å². The van der Waals surface area contributed by atoms with Gasteiger partial charge in [-0.1, -0.05) is 24.3 Å². The number of carbonyl (C=O) groups is 1. The van der Waals surface area contributed by atoms with Crippen molar-refractivity contribution >= 4 is 12.4 Å². The van der Waals surface area contributed by atoms with Gasteiger partial charge >= 0.3 is 6.03 Å². The molecular weight excluding hydrogens is 342 g/mol. The van der Waals surface area contributed by atoms with Crippen LogP contribution in [0.4, 0.5) is 4.79 Å². The highest BCUT2D eigenvalue weighted by Crippen LogP contribution is 2.27. The van der Waals surface area contributed by atoms with Gasteiger partial charge in [-0.15, -0.1) is 0 Å². The second-order valence-electron chi connectivity index (χ2n) is 6.96. The van der Waals surface area contributed by atoms with Crippen LogP contribution in [0.3, 0.4) is 0 Å². The number of rotatable bonds is 4. The number of piperidine rings is 1. The zero-order valence-electron chi connectivity index (χ0n) is 15.2. The summed E-state index contributed by atoms with van der Waals surface area (Å²) in [6.07, 6.45) is 8.95. The van der Waals surface area contributed by atoms with Crippen LogP contribution < -0.4 is 11.5 Å². The van der Waals surface area contributed by atoms with Crippen LogP contribution >= 0.6 is 0 Å². The van der Waals surface area contributed by atoms with Crippen LogP contribution in [-0.2, 0) is 13.1 Å². The largest absolute Gasteiger partial charge is 0.355 e. The van der Waals surface area contributed by atoms with Gasteiger partial charge in [0.15, 0.2) is 0 Å². The molecule has 0 bridgehead atoms. The van der Waals surface area contributed by atoms with Crippen LogP contribution in [0.15, 0.2) is 53.7 Å². The molecule has 0 aliphatic carbocycles. The molecule has 8 nitrogen and oxygen atoms in total. The van der Waals surface area contributed by atoms with Gasteiger partial charge < -0.3 is 16.4 Å². The zero-order chi connectivity index (χ0) is 18.8. The fourth-order valence-corrected chi connectivity index (χ4v) is 3.70. The fraction of sp³-hybridized carbons (Fsp3) is 0.368. The van der Waals surface area contributed by atoms with Crippen LogP contribution in [-0.4, -0.2) is 51.3 Å². The van der Waals surface area contributed by atoms with Crippen LogP contribution in [0, 0.1) is 0 Å². The summed E-state index contributed by atoms with van der Waals surface area (Å²) < 4.78 is 0. The molecule has 1 aromatic carbocycles. The average Bonchev–Trinajstić information content (AvgIpc) is 2.70. The lowest BCUT2D eigenvalue weighted by Gasteiger charge is -2.45. The lowest BCUT2D eigenvalue weighted by atomic mass is 10.1. The van der Waals surface area contributed by atoms with E-state index in [-0.39, 0.29) is 12.1 Å². The smallest absolute Gasteiger partial charge is 0.350 e. The topological polar surface area (TPSA) is 94.4 Å². The summed E-state index contributed by atoms with van der Waals surface area (Å²) in [6, 6.07) is 7.93. The summed E-state index contributed by atoms with van der Waals surface area (Å²) in [5, 5.41) is 3.26. The number of likely N-dealkylation sites (tertiary alicyclic amines) is 1. The Morgan fingerprint density at radius 1 is 1.22 bits per heavy atom. The molecule has 1 atom stereocenters. The minimum atomic E-state index is -0.147. The van der Waals surface area contributed by atoms with E-state index in [4.69, 9.17) is 11.5 Å². The number of carbonyl (C=O) groups excluding carboxylic acids is 1. The number of amides is 2. The van der Waals surface area contributed by atoms with E-state index >= 15 is 0 Å². The summed E-state index contributed by atoms with van der Waals surface area (Å²) in [6.45, 7) is 2.50. The number of hydrazine groups is 1. The molecule has 3 aliphatic rings. The SMILES string of the molecule is NCc1ccccc1CN1C(=O)N2C=NC=CN2C=C1N1CCCC(N)C1. The molecule has 1 saturated heterocycles. The van der Waals surface area contributed by atoms with Gasteiger partial charge in [-0.3, -0.25) is 9.91 Å². The minimum Gasteiger partial charge on any atom is -0.355 e. The molecule has 0 spiro atoms. The Labute approximate surface area is 159 Å². The van der Waals surface area contributed by atoms with Crippen LogP contribution in [0.5, 0.6) is 0 Å². The van der Waals surface area contributed by atoms with Crippen molar-refractivity contribution in [1.82, 2.24) is 19.8 Å². The number of urea groups is 1. The van der Waals surface area contributed by atoms with E-state index in [0.717, 1.165) is 42.9 Å². The van der Waals surface area contributed by atoms with Gasteiger partial charge in [0.05, 0.1) is 12.7 Å². The van der Waals surface area contributed by atoms with Crippen molar-refractivity contribution in [2.45, 2.75) is 32.0 Å². The number of nitrogens with zero attached hydrogens (tertiary/aromatic N) is 5. The molecule has 0 aromatic heterocycles. The van der Waals surface area contributed by atoms with Gasteiger partial charge in [0.2, 0.25) is 0 Å². The number of hydrogen-bond donors (Lipinski definition) is 2. The maximum absolute atomic E-state index is 13.3. The van der Waals surface area contributed by atoms with Crippen molar-refractivity contribution in [3.05, 3.63) is 59.8 Å². The second kappa shape index (κ2) is 7.42. The summed E-state index contributed by atoms with van der Waals surface area (Å²) in [4.78, 5) is 21.3. The minimum absolute atomic E-state index is 0.115. The molecular formula is C19H25N7O. The summed E-state index contributed by atoms with van der Waals surface area (Å²) in [5.41, 5.74) is 14.2. The molecule has 0 saturated carbocycles. The number of aliphatic imine (C=N–C) groups is 1. The first kappa shape index (κ1) is 17.6. The molecule has 27 heavy (non-hydrogen) atoms. The quantitative estimate of drug-likeness (QED) is 0.837. The van der Waals surface area contributed by atoms with E-state index < -0.39 is 0 Å². The fourth-order valence-electron chi connectivity index (χ4n) is 3.70. The van der Waals surface area contributed by atoms with Crippen molar-refractivity contribution < 1.29 is 4.79 Å². The third kappa shape index (κ3) is 3.41. The van der Waals surface area contributed by atoms with Gasteiger partial charge in [-0.05, 0) is 24.0 Å². The summed E-state index contributed by atoms with van der Waals surface area (Å²) in [7, 11) is 0. The van der Waals surface area contributed by atoms with Gasteiger partial charge in [-0.2, -0.15) is 5.01 Å². The molecule has 2 amide bonds. The summed E-state index contributed by atoms with van der Waals surface area (Å²) >= 11 is 0. The standard InChI is InChI=1S/C19H25N7O/c20-10-15-4-1-2-5-16(15)11-25-18(23-8-3-6-17(21)12-23)13-24-9-7-22-14-26(24)19(25)27/h1-2,4-5,7,9,13-14,17H,3,6,8,10-12,20-21H2. The Balaban J connectivity index is 1.70. The Kier molecular flexibility index (Phi) is 4.83. The van der Waals surface area contributed by atoms with Crippen molar-refractivity contribution in [2.75, 3.05) is 13.1 Å². The van der Waals surface area contributed by atoms with Gasteiger partial charge in [0, 0.05) is 38.1 Å². The summed E-state index contributed by atoms with van der Waals surface area (Å²) in [5.74, 6) is 0.859. The Morgan fingerprint density at radius 3 is 2.81 bits per heavy atom. The maximum Gasteiger partial charge on any atom is 0.350 e. The molecule has 0 radical (unpaired) electrons. The normalized spacial score (nSPS) is 22.2. The van der Waals surface area contributed by atoms with E-state index in [1.54, 1.807) is 22.3 Å². The highest BCUT2D eigenvalue weighted by Gasteiger charge is 2.36. The highest BCUT2D eigenvalue weighted by molar-refractivity contribution is 5.88. The molecule has 4 rings (SSSR count). The van der Waals surface area contributed by atoms with E-state index in [2.05, 4.69) is 9.89 Å². The molecule has 4 N–H and O–H groups in total. The zero-order valence-corrected chi connectivity index (χ0v) is 15.2. The predicted octanol–water partition coefficient (Wildman–Crippen LogP) is 1.34. The van der Waals surface area contributed by atoms with Crippen LogP contribution in [0.1, 0.15) is 24.0 Å². The molecule has 8 heteroatoms. The first-order valence-corrected chi connectivity index (χ1v) is 9.25. The average molecular weight is 367 g/mol. The third-order valence-electron chi connectivity index (χ3n) is 5.13. The lowest BCUT2D eigenvalue weighted by molar-refractivity contribution is 0.0836. The van der Waals surface area contributed by atoms with Gasteiger partial charge in [0.1, 0.15) is 12.2 Å². The molecule has 3 aliphatic heterocycles. The van der Waals surface area contributed by atoms with Gasteiger partial charge in [-0.25, -0.2) is 9.79 Å². The molecule has 142 valence electrons. The maximum atomic E-state index is 13.3. The Hall–Kier alpha value is -2.84. The van der Waals surface area contributed by atoms with Crippen molar-refractivity contribution in [3.63, 3.8) is 0 Å². The monoisotopic (exact) mass is 367 g/mol. The van der Waals surface area contributed by atoms with E-state index in [1.807, 2.05) is 30.5 Å². The third-order valence-corrected chi connectivity index (χ3v) is 5.13. The first-order chi connectivity index (χ1) is 13.2. The number of hydrogen-bond acceptors (Lipinski definition) is 6. The Bertz CT molecular complexity index is 803. The predicted molar refractivity (Wildman–Crippen MR) is 103 cm³/mol. The molecule has 1 fully saturated rings.